The lowest BCUT2D eigenvalue weighted by molar-refractivity contribution is 0.210. The Morgan fingerprint density at radius 1 is 1.37 bits per heavy atom. The minimum atomic E-state index is 0.685. The molecule has 0 aliphatic carbocycles. The molecule has 1 saturated heterocycles. The summed E-state index contributed by atoms with van der Waals surface area (Å²) in [6.07, 6.45) is 2.32. The Morgan fingerprint density at radius 2 is 2.26 bits per heavy atom. The number of rotatable bonds is 7. The first-order valence-corrected chi connectivity index (χ1v) is 7.50. The molecule has 0 saturated carbocycles. The van der Waals surface area contributed by atoms with Crippen LogP contribution in [0.25, 0.3) is 0 Å². The Morgan fingerprint density at radius 3 is 2.95 bits per heavy atom. The Balaban J connectivity index is 1.96. The van der Waals surface area contributed by atoms with Crippen LogP contribution in [0.15, 0.2) is 24.3 Å². The quantitative estimate of drug-likeness (QED) is 0.817. The van der Waals surface area contributed by atoms with Crippen molar-refractivity contribution in [2.45, 2.75) is 39.3 Å². The molecule has 1 aliphatic rings. The number of ether oxygens (including phenoxy) is 1. The van der Waals surface area contributed by atoms with Crippen molar-refractivity contribution in [1.29, 1.82) is 0 Å². The molecule has 0 bridgehead atoms. The molecule has 0 amide bonds. The van der Waals surface area contributed by atoms with E-state index in [1.165, 1.54) is 12.0 Å². The summed E-state index contributed by atoms with van der Waals surface area (Å²) in [5, 5.41) is 3.45. The average molecular weight is 262 g/mol. The smallest absolute Gasteiger partial charge is 0.119 e. The number of likely N-dealkylation sites (N-methyl/N-ethyl adjacent to an activating group) is 1. The summed E-state index contributed by atoms with van der Waals surface area (Å²) < 4.78 is 5.71. The van der Waals surface area contributed by atoms with Crippen molar-refractivity contribution < 1.29 is 4.74 Å². The highest BCUT2D eigenvalue weighted by Gasteiger charge is 2.20. The van der Waals surface area contributed by atoms with E-state index < -0.39 is 0 Å². The summed E-state index contributed by atoms with van der Waals surface area (Å²) in [5.74, 6) is 1.000. The maximum Gasteiger partial charge on any atom is 0.119 e. The zero-order valence-electron chi connectivity index (χ0n) is 12.2. The van der Waals surface area contributed by atoms with E-state index in [2.05, 4.69) is 42.3 Å². The first kappa shape index (κ1) is 14.4. The number of nitrogens with one attached hydrogen (secondary N) is 1. The molecule has 1 fully saturated rings. The summed E-state index contributed by atoms with van der Waals surface area (Å²) in [5.41, 5.74) is 1.35. The third-order valence-electron chi connectivity index (χ3n) is 3.71. The van der Waals surface area contributed by atoms with Crippen LogP contribution in [0.3, 0.4) is 0 Å². The van der Waals surface area contributed by atoms with Crippen LogP contribution < -0.4 is 10.1 Å². The number of nitrogens with zero attached hydrogens (tertiary/aromatic N) is 1. The maximum absolute atomic E-state index is 5.71. The monoisotopic (exact) mass is 262 g/mol. The Labute approximate surface area is 116 Å². The number of hydrogen-bond donors (Lipinski definition) is 1. The van der Waals surface area contributed by atoms with Crippen molar-refractivity contribution in [3.05, 3.63) is 29.8 Å². The second kappa shape index (κ2) is 7.51. The molecule has 1 atom stereocenters. The maximum atomic E-state index is 5.71. The molecule has 0 spiro atoms. The fourth-order valence-corrected chi connectivity index (χ4v) is 2.64. The van der Waals surface area contributed by atoms with Crippen LogP contribution in [0, 0.1) is 0 Å². The lowest BCUT2D eigenvalue weighted by Gasteiger charge is -2.27. The highest BCUT2D eigenvalue weighted by Crippen LogP contribution is 2.17. The zero-order valence-corrected chi connectivity index (χ0v) is 12.2. The van der Waals surface area contributed by atoms with Crippen LogP contribution in [0.4, 0.5) is 0 Å². The fourth-order valence-electron chi connectivity index (χ4n) is 2.64. The second-order valence-corrected chi connectivity index (χ2v) is 5.21. The highest BCUT2D eigenvalue weighted by atomic mass is 16.5. The number of benzene rings is 1. The molecule has 1 unspecified atom stereocenters. The van der Waals surface area contributed by atoms with Gasteiger partial charge in [0, 0.05) is 19.1 Å². The first-order chi connectivity index (χ1) is 9.33. The molecule has 1 aliphatic heterocycles. The fraction of sp³-hybridized carbons (Fsp3) is 0.625. The lowest BCUT2D eigenvalue weighted by atomic mass is 10.1. The molecule has 3 heteroatoms. The minimum absolute atomic E-state index is 0.685. The summed E-state index contributed by atoms with van der Waals surface area (Å²) in [6, 6.07) is 9.21. The molecule has 1 heterocycles. The van der Waals surface area contributed by atoms with Gasteiger partial charge in [0.15, 0.2) is 0 Å². The number of hydrogen-bond acceptors (Lipinski definition) is 3. The molecule has 19 heavy (non-hydrogen) atoms. The summed E-state index contributed by atoms with van der Waals surface area (Å²) in [6.45, 7) is 9.58. The summed E-state index contributed by atoms with van der Waals surface area (Å²) in [4.78, 5) is 2.55. The summed E-state index contributed by atoms with van der Waals surface area (Å²) in [7, 11) is 0. The van der Waals surface area contributed by atoms with E-state index in [0.29, 0.717) is 6.04 Å². The third-order valence-corrected chi connectivity index (χ3v) is 3.71. The van der Waals surface area contributed by atoms with E-state index in [4.69, 9.17) is 4.74 Å². The lowest BCUT2D eigenvalue weighted by Crippen LogP contribution is -2.36. The van der Waals surface area contributed by atoms with E-state index in [1.54, 1.807) is 0 Å². The van der Waals surface area contributed by atoms with Gasteiger partial charge in [-0.1, -0.05) is 26.0 Å². The second-order valence-electron chi connectivity index (χ2n) is 5.21. The van der Waals surface area contributed by atoms with Crippen LogP contribution in [-0.4, -0.2) is 37.2 Å². The topological polar surface area (TPSA) is 24.5 Å². The van der Waals surface area contributed by atoms with Crippen LogP contribution in [-0.2, 0) is 6.54 Å². The van der Waals surface area contributed by atoms with E-state index in [0.717, 1.165) is 45.0 Å². The Kier molecular flexibility index (Phi) is 5.67. The van der Waals surface area contributed by atoms with Crippen molar-refractivity contribution in [2.75, 3.05) is 26.2 Å². The van der Waals surface area contributed by atoms with Crippen LogP contribution in [0.1, 0.15) is 32.3 Å². The third kappa shape index (κ3) is 4.22. The molecular formula is C16H26N2O. The van der Waals surface area contributed by atoms with Gasteiger partial charge < -0.3 is 10.1 Å². The van der Waals surface area contributed by atoms with Gasteiger partial charge in [-0.05, 0) is 43.6 Å². The molecule has 3 nitrogen and oxygen atoms in total. The van der Waals surface area contributed by atoms with Gasteiger partial charge in [0.05, 0.1) is 6.61 Å². The Hall–Kier alpha value is -1.06. The van der Waals surface area contributed by atoms with Crippen molar-refractivity contribution in [3.63, 3.8) is 0 Å². The largest absolute Gasteiger partial charge is 0.494 e. The van der Waals surface area contributed by atoms with Gasteiger partial charge in [-0.25, -0.2) is 0 Å². The van der Waals surface area contributed by atoms with Crippen LogP contribution in [0.2, 0.25) is 0 Å². The predicted octanol–water partition coefficient (Wildman–Crippen LogP) is 2.66. The standard InChI is InChI=1S/C16H26N2O/c1-3-10-19-16-7-5-6-14(11-16)13-18(4-2)15-8-9-17-12-15/h5-7,11,15,17H,3-4,8-10,12-13H2,1-2H3. The van der Waals surface area contributed by atoms with E-state index in [1.807, 2.05) is 6.07 Å². The molecule has 2 rings (SSSR count). The van der Waals surface area contributed by atoms with Gasteiger partial charge >= 0.3 is 0 Å². The minimum Gasteiger partial charge on any atom is -0.494 e. The van der Waals surface area contributed by atoms with Gasteiger partial charge in [0.25, 0.3) is 0 Å². The van der Waals surface area contributed by atoms with Crippen molar-refractivity contribution in [2.24, 2.45) is 0 Å². The van der Waals surface area contributed by atoms with Crippen molar-refractivity contribution >= 4 is 0 Å². The summed E-state index contributed by atoms with van der Waals surface area (Å²) >= 11 is 0. The van der Waals surface area contributed by atoms with Gasteiger partial charge in [0.2, 0.25) is 0 Å². The van der Waals surface area contributed by atoms with E-state index >= 15 is 0 Å². The van der Waals surface area contributed by atoms with Gasteiger partial charge in [0.1, 0.15) is 5.75 Å². The van der Waals surface area contributed by atoms with Gasteiger partial charge in [-0.15, -0.1) is 0 Å². The van der Waals surface area contributed by atoms with Crippen LogP contribution >= 0.6 is 0 Å². The highest BCUT2D eigenvalue weighted by molar-refractivity contribution is 5.28. The molecule has 1 aromatic carbocycles. The molecule has 0 aromatic heterocycles. The normalized spacial score (nSPS) is 19.0. The predicted molar refractivity (Wildman–Crippen MR) is 79.6 cm³/mol. The zero-order chi connectivity index (χ0) is 13.5. The molecule has 1 aromatic rings. The SMILES string of the molecule is CCCOc1cccc(CN(CC)C2CCNC2)c1. The van der Waals surface area contributed by atoms with Crippen LogP contribution in [0.5, 0.6) is 5.75 Å². The van der Waals surface area contributed by atoms with Gasteiger partial charge in [-0.2, -0.15) is 0 Å². The Bertz CT molecular complexity index is 375. The van der Waals surface area contributed by atoms with E-state index in [9.17, 15) is 0 Å². The molecule has 1 N–H and O–H groups in total. The van der Waals surface area contributed by atoms with Gasteiger partial charge in [-0.3, -0.25) is 4.90 Å². The van der Waals surface area contributed by atoms with Crippen molar-refractivity contribution in [3.8, 4) is 5.75 Å². The average Bonchev–Trinajstić information content (AvgIpc) is 2.97. The molecular weight excluding hydrogens is 236 g/mol. The first-order valence-electron chi connectivity index (χ1n) is 7.50. The molecule has 0 radical (unpaired) electrons. The van der Waals surface area contributed by atoms with Crippen molar-refractivity contribution in [1.82, 2.24) is 10.2 Å². The van der Waals surface area contributed by atoms with E-state index in [-0.39, 0.29) is 0 Å². The molecule has 106 valence electrons.